The minimum Gasteiger partial charge on any atom is -0.491 e. The van der Waals surface area contributed by atoms with E-state index in [-0.39, 0.29) is 23.9 Å². The molecular formula is C18H23FN4O2. The van der Waals surface area contributed by atoms with Gasteiger partial charge in [0.1, 0.15) is 18.2 Å². The molecule has 0 radical (unpaired) electrons. The lowest BCUT2D eigenvalue weighted by Gasteiger charge is -2.24. The average Bonchev–Trinajstić information content (AvgIpc) is 3.23. The summed E-state index contributed by atoms with van der Waals surface area (Å²) in [5.74, 6) is 0.308. The van der Waals surface area contributed by atoms with E-state index >= 15 is 0 Å². The van der Waals surface area contributed by atoms with Crippen molar-refractivity contribution in [3.8, 4) is 5.75 Å². The van der Waals surface area contributed by atoms with Crippen LogP contribution in [-0.2, 0) is 0 Å². The smallest absolute Gasteiger partial charge is 0.322 e. The van der Waals surface area contributed by atoms with E-state index in [1.54, 1.807) is 27.9 Å². The molecule has 2 aromatic rings. The second kappa shape index (κ2) is 7.55. The molecular weight excluding hydrogens is 323 g/mol. The van der Waals surface area contributed by atoms with E-state index in [1.165, 1.54) is 12.1 Å². The summed E-state index contributed by atoms with van der Waals surface area (Å²) >= 11 is 0. The quantitative estimate of drug-likeness (QED) is 0.898. The number of nitrogens with one attached hydrogen (secondary N) is 1. The number of hydrogen-bond donors (Lipinski definition) is 1. The number of anilines is 1. The fraction of sp³-hybridized carbons (Fsp3) is 0.444. The van der Waals surface area contributed by atoms with Crippen molar-refractivity contribution in [3.63, 3.8) is 0 Å². The molecule has 1 saturated heterocycles. The molecule has 1 atom stereocenters. The summed E-state index contributed by atoms with van der Waals surface area (Å²) in [7, 11) is 0. The minimum absolute atomic E-state index is 0.00481. The molecule has 7 heteroatoms. The Morgan fingerprint density at radius 1 is 1.40 bits per heavy atom. The number of rotatable bonds is 5. The molecule has 1 aromatic heterocycles. The van der Waals surface area contributed by atoms with Crippen LogP contribution in [0.2, 0.25) is 0 Å². The number of carbonyl (C=O) groups is 1. The Hall–Kier alpha value is -2.57. The molecule has 0 saturated carbocycles. The molecule has 134 valence electrons. The first-order valence-corrected chi connectivity index (χ1v) is 8.53. The van der Waals surface area contributed by atoms with Crippen molar-refractivity contribution in [3.05, 3.63) is 42.5 Å². The third kappa shape index (κ3) is 4.29. The lowest BCUT2D eigenvalue weighted by molar-refractivity contribution is 0.176. The fourth-order valence-electron chi connectivity index (χ4n) is 2.88. The van der Waals surface area contributed by atoms with Crippen LogP contribution in [0.15, 0.2) is 36.7 Å². The molecule has 1 N–H and O–H groups in total. The normalized spacial score (nSPS) is 17.1. The Balaban J connectivity index is 1.56. The van der Waals surface area contributed by atoms with Crippen molar-refractivity contribution in [2.45, 2.75) is 38.8 Å². The summed E-state index contributed by atoms with van der Waals surface area (Å²) in [4.78, 5) is 14.3. The molecule has 2 heterocycles. The van der Waals surface area contributed by atoms with Crippen LogP contribution in [-0.4, -0.2) is 39.9 Å². The summed E-state index contributed by atoms with van der Waals surface area (Å²) in [5, 5.41) is 7.12. The van der Waals surface area contributed by atoms with Gasteiger partial charge >= 0.3 is 6.03 Å². The standard InChI is InChI=1S/C18H23FN4O2/c1-13(2)23-11-15(10-20-23)21-18(24)22-9-3-4-16(22)12-25-17-7-5-14(19)6-8-17/h5-8,10-11,13,16H,3-4,9,12H2,1-2H3,(H,21,24)/t16-/m0/s1. The molecule has 0 bridgehead atoms. The van der Waals surface area contributed by atoms with E-state index in [1.807, 2.05) is 20.0 Å². The van der Waals surface area contributed by atoms with Crippen LogP contribution in [0.4, 0.5) is 14.9 Å². The monoisotopic (exact) mass is 346 g/mol. The Bertz CT molecular complexity index is 714. The van der Waals surface area contributed by atoms with Gasteiger partial charge in [0.25, 0.3) is 0 Å². The highest BCUT2D eigenvalue weighted by atomic mass is 19.1. The number of halogens is 1. The third-order valence-corrected chi connectivity index (χ3v) is 4.28. The van der Waals surface area contributed by atoms with Gasteiger partial charge in [0.05, 0.1) is 17.9 Å². The van der Waals surface area contributed by atoms with Gasteiger partial charge in [-0.25, -0.2) is 9.18 Å². The number of urea groups is 1. The zero-order valence-corrected chi connectivity index (χ0v) is 14.5. The van der Waals surface area contributed by atoms with Crippen LogP contribution < -0.4 is 10.1 Å². The topological polar surface area (TPSA) is 59.4 Å². The van der Waals surface area contributed by atoms with E-state index < -0.39 is 0 Å². The van der Waals surface area contributed by atoms with Crippen molar-refractivity contribution in [1.29, 1.82) is 0 Å². The van der Waals surface area contributed by atoms with Gasteiger partial charge in [-0.15, -0.1) is 0 Å². The van der Waals surface area contributed by atoms with E-state index in [2.05, 4.69) is 10.4 Å². The summed E-state index contributed by atoms with van der Waals surface area (Å²) in [6, 6.07) is 6.01. The highest BCUT2D eigenvalue weighted by Crippen LogP contribution is 2.21. The first-order valence-electron chi connectivity index (χ1n) is 8.53. The number of benzene rings is 1. The Labute approximate surface area is 146 Å². The van der Waals surface area contributed by atoms with Gasteiger partial charge in [-0.1, -0.05) is 0 Å². The Morgan fingerprint density at radius 2 is 2.16 bits per heavy atom. The summed E-state index contributed by atoms with van der Waals surface area (Å²) in [6.07, 6.45) is 5.30. The molecule has 0 spiro atoms. The van der Waals surface area contributed by atoms with Crippen LogP contribution in [0.25, 0.3) is 0 Å². The van der Waals surface area contributed by atoms with Crippen molar-refractivity contribution in [2.24, 2.45) is 0 Å². The van der Waals surface area contributed by atoms with Gasteiger partial charge in [0.2, 0.25) is 0 Å². The number of aromatic nitrogens is 2. The van der Waals surface area contributed by atoms with Gasteiger partial charge in [0.15, 0.2) is 0 Å². The predicted octanol–water partition coefficient (Wildman–Crippen LogP) is 3.68. The molecule has 0 aliphatic carbocycles. The second-order valence-electron chi connectivity index (χ2n) is 6.49. The van der Waals surface area contributed by atoms with Crippen molar-refractivity contribution in [2.75, 3.05) is 18.5 Å². The van der Waals surface area contributed by atoms with Crippen molar-refractivity contribution >= 4 is 11.7 Å². The van der Waals surface area contributed by atoms with Gasteiger partial charge < -0.3 is 15.0 Å². The van der Waals surface area contributed by atoms with Crippen LogP contribution in [0.3, 0.4) is 0 Å². The SMILES string of the molecule is CC(C)n1cc(NC(=O)N2CCC[C@H]2COc2ccc(F)cc2)cn1. The lowest BCUT2D eigenvalue weighted by Crippen LogP contribution is -2.41. The molecule has 3 rings (SSSR count). The molecule has 1 aromatic carbocycles. The maximum absolute atomic E-state index is 12.9. The molecule has 6 nitrogen and oxygen atoms in total. The minimum atomic E-state index is -0.295. The lowest BCUT2D eigenvalue weighted by atomic mass is 10.2. The first kappa shape index (κ1) is 17.3. The summed E-state index contributed by atoms with van der Waals surface area (Å²) in [5.41, 5.74) is 0.684. The third-order valence-electron chi connectivity index (χ3n) is 4.28. The van der Waals surface area contributed by atoms with Crippen molar-refractivity contribution < 1.29 is 13.9 Å². The van der Waals surface area contributed by atoms with E-state index in [0.717, 1.165) is 12.8 Å². The van der Waals surface area contributed by atoms with Crippen molar-refractivity contribution in [1.82, 2.24) is 14.7 Å². The molecule has 1 aliphatic heterocycles. The molecule has 1 aliphatic rings. The maximum Gasteiger partial charge on any atom is 0.322 e. The molecule has 0 unspecified atom stereocenters. The molecule has 2 amide bonds. The number of likely N-dealkylation sites (tertiary alicyclic amines) is 1. The largest absolute Gasteiger partial charge is 0.491 e. The predicted molar refractivity (Wildman–Crippen MR) is 93.3 cm³/mol. The number of carbonyl (C=O) groups excluding carboxylic acids is 1. The Morgan fingerprint density at radius 3 is 2.84 bits per heavy atom. The first-order chi connectivity index (χ1) is 12.0. The second-order valence-corrected chi connectivity index (χ2v) is 6.49. The molecule has 25 heavy (non-hydrogen) atoms. The van der Waals surface area contributed by atoms with Crippen LogP contribution in [0, 0.1) is 5.82 Å². The summed E-state index contributed by atoms with van der Waals surface area (Å²) < 4.78 is 20.4. The number of nitrogens with zero attached hydrogens (tertiary/aromatic N) is 3. The van der Waals surface area contributed by atoms with Gasteiger partial charge in [-0.05, 0) is 51.0 Å². The van der Waals surface area contributed by atoms with Gasteiger partial charge in [-0.3, -0.25) is 4.68 Å². The van der Waals surface area contributed by atoms with E-state index in [4.69, 9.17) is 4.74 Å². The van der Waals surface area contributed by atoms with E-state index in [0.29, 0.717) is 24.6 Å². The average molecular weight is 346 g/mol. The molecule has 1 fully saturated rings. The van der Waals surface area contributed by atoms with Crippen LogP contribution in [0.5, 0.6) is 5.75 Å². The Kier molecular flexibility index (Phi) is 5.21. The van der Waals surface area contributed by atoms with Gasteiger partial charge in [0, 0.05) is 18.8 Å². The number of ether oxygens (including phenoxy) is 1. The van der Waals surface area contributed by atoms with E-state index in [9.17, 15) is 9.18 Å². The van der Waals surface area contributed by atoms with Crippen LogP contribution in [0.1, 0.15) is 32.7 Å². The van der Waals surface area contributed by atoms with Crippen LogP contribution >= 0.6 is 0 Å². The van der Waals surface area contributed by atoms with Gasteiger partial charge in [-0.2, -0.15) is 5.10 Å². The highest BCUT2D eigenvalue weighted by molar-refractivity contribution is 5.89. The zero-order valence-electron chi connectivity index (χ0n) is 14.5. The zero-order chi connectivity index (χ0) is 17.8. The number of hydrogen-bond acceptors (Lipinski definition) is 3. The highest BCUT2D eigenvalue weighted by Gasteiger charge is 2.29. The maximum atomic E-state index is 12.9. The fourth-order valence-corrected chi connectivity index (χ4v) is 2.88. The number of amides is 2. The summed E-state index contributed by atoms with van der Waals surface area (Å²) in [6.45, 7) is 5.15.